The summed E-state index contributed by atoms with van der Waals surface area (Å²) < 4.78 is 0. The van der Waals surface area contributed by atoms with Gasteiger partial charge in [-0.25, -0.2) is 0 Å². The fourth-order valence-corrected chi connectivity index (χ4v) is 1.33. The van der Waals surface area contributed by atoms with Crippen LogP contribution < -0.4 is 0 Å². The topological polar surface area (TPSA) is 20.2 Å². The molecule has 0 spiro atoms. The first kappa shape index (κ1) is 12.7. The molecule has 0 aromatic heterocycles. The molecule has 1 N–H and O–H groups in total. The molecule has 0 radical (unpaired) electrons. The van der Waals surface area contributed by atoms with E-state index in [1.54, 1.807) is 0 Å². The van der Waals surface area contributed by atoms with Crippen molar-refractivity contribution in [1.82, 2.24) is 0 Å². The number of hydrogen-bond acceptors (Lipinski definition) is 1. The molecule has 78 valence electrons. The van der Waals surface area contributed by atoms with Crippen molar-refractivity contribution in [3.63, 3.8) is 0 Å². The smallest absolute Gasteiger partial charge is 0.0750 e. The van der Waals surface area contributed by atoms with Gasteiger partial charge >= 0.3 is 0 Å². The molecule has 0 fully saturated rings. The van der Waals surface area contributed by atoms with E-state index in [1.165, 1.54) is 19.3 Å². The number of unbranched alkanes of at least 4 members (excludes halogenated alkanes) is 3. The van der Waals surface area contributed by atoms with Crippen LogP contribution in [0.4, 0.5) is 0 Å². The van der Waals surface area contributed by atoms with Crippen molar-refractivity contribution in [2.75, 3.05) is 0 Å². The van der Waals surface area contributed by atoms with Crippen LogP contribution in [-0.4, -0.2) is 11.2 Å². The van der Waals surface area contributed by atoms with E-state index in [2.05, 4.69) is 27.4 Å². The van der Waals surface area contributed by atoms with Crippen molar-refractivity contribution in [3.05, 3.63) is 12.2 Å². The van der Waals surface area contributed by atoms with Crippen LogP contribution in [-0.2, 0) is 0 Å². The molecule has 0 saturated heterocycles. The standard InChI is InChI=1S/C12H24O/c1-5-6-7-8-9-12(13)11(4)10(2)3/h10,12-13H,4-9H2,1-3H3. The number of aliphatic hydroxyl groups excluding tert-OH is 1. The minimum Gasteiger partial charge on any atom is -0.389 e. The van der Waals surface area contributed by atoms with Gasteiger partial charge in [0.2, 0.25) is 0 Å². The molecule has 0 rings (SSSR count). The number of hydrogen-bond donors (Lipinski definition) is 1. The van der Waals surface area contributed by atoms with Gasteiger partial charge in [0.05, 0.1) is 6.10 Å². The second-order valence-electron chi connectivity index (χ2n) is 4.09. The SMILES string of the molecule is C=C(C(C)C)C(O)CCCCCC. The van der Waals surface area contributed by atoms with Crippen LogP contribution in [0.5, 0.6) is 0 Å². The first-order chi connectivity index (χ1) is 6.09. The van der Waals surface area contributed by atoms with Crippen LogP contribution >= 0.6 is 0 Å². The molecule has 1 heteroatoms. The van der Waals surface area contributed by atoms with Crippen LogP contribution in [0.1, 0.15) is 52.9 Å². The maximum Gasteiger partial charge on any atom is 0.0750 e. The zero-order chi connectivity index (χ0) is 10.3. The largest absolute Gasteiger partial charge is 0.389 e. The van der Waals surface area contributed by atoms with Crippen molar-refractivity contribution in [2.24, 2.45) is 5.92 Å². The first-order valence-corrected chi connectivity index (χ1v) is 5.46. The van der Waals surface area contributed by atoms with Crippen LogP contribution in [0.3, 0.4) is 0 Å². The summed E-state index contributed by atoms with van der Waals surface area (Å²) in [4.78, 5) is 0. The average molecular weight is 184 g/mol. The quantitative estimate of drug-likeness (QED) is 0.474. The maximum atomic E-state index is 9.69. The molecule has 0 aliphatic carbocycles. The van der Waals surface area contributed by atoms with Gasteiger partial charge in [0.15, 0.2) is 0 Å². The molecule has 0 saturated carbocycles. The van der Waals surface area contributed by atoms with Crippen molar-refractivity contribution >= 4 is 0 Å². The van der Waals surface area contributed by atoms with Crippen LogP contribution in [0.25, 0.3) is 0 Å². The first-order valence-electron chi connectivity index (χ1n) is 5.46. The van der Waals surface area contributed by atoms with E-state index in [1.807, 2.05) is 0 Å². The summed E-state index contributed by atoms with van der Waals surface area (Å²) in [5.41, 5.74) is 0.983. The highest BCUT2D eigenvalue weighted by molar-refractivity contribution is 5.04. The molecule has 0 bridgehead atoms. The molecule has 0 aromatic carbocycles. The molecule has 1 nitrogen and oxygen atoms in total. The van der Waals surface area contributed by atoms with Gasteiger partial charge in [-0.15, -0.1) is 0 Å². The molecule has 0 aliphatic rings. The Bertz CT molecular complexity index is 138. The average Bonchev–Trinajstić information content (AvgIpc) is 2.10. The van der Waals surface area contributed by atoms with Crippen LogP contribution in [0, 0.1) is 5.92 Å². The lowest BCUT2D eigenvalue weighted by Crippen LogP contribution is -2.13. The number of aliphatic hydroxyl groups is 1. The lowest BCUT2D eigenvalue weighted by molar-refractivity contribution is 0.186. The van der Waals surface area contributed by atoms with E-state index in [4.69, 9.17) is 0 Å². The fourth-order valence-electron chi connectivity index (χ4n) is 1.33. The minimum atomic E-state index is -0.281. The summed E-state index contributed by atoms with van der Waals surface area (Å²) in [5.74, 6) is 0.404. The Morgan fingerprint density at radius 1 is 1.23 bits per heavy atom. The fraction of sp³-hybridized carbons (Fsp3) is 0.833. The molecule has 0 heterocycles. The Hall–Kier alpha value is -0.300. The second-order valence-corrected chi connectivity index (χ2v) is 4.09. The predicted octanol–water partition coefficient (Wildman–Crippen LogP) is 3.53. The van der Waals surface area contributed by atoms with Gasteiger partial charge in [0.1, 0.15) is 0 Å². The normalized spacial score (nSPS) is 13.3. The Morgan fingerprint density at radius 2 is 1.85 bits per heavy atom. The van der Waals surface area contributed by atoms with Gasteiger partial charge in [-0.05, 0) is 17.9 Å². The van der Waals surface area contributed by atoms with E-state index >= 15 is 0 Å². The molecule has 1 atom stereocenters. The maximum absolute atomic E-state index is 9.69. The van der Waals surface area contributed by atoms with Crippen molar-refractivity contribution in [3.8, 4) is 0 Å². The third-order valence-corrected chi connectivity index (χ3v) is 2.50. The van der Waals surface area contributed by atoms with E-state index in [0.29, 0.717) is 5.92 Å². The Kier molecular flexibility index (Phi) is 6.97. The highest BCUT2D eigenvalue weighted by Gasteiger charge is 2.10. The third-order valence-electron chi connectivity index (χ3n) is 2.50. The van der Waals surface area contributed by atoms with Gasteiger partial charge in [0, 0.05) is 0 Å². The van der Waals surface area contributed by atoms with Gasteiger partial charge < -0.3 is 5.11 Å². The van der Waals surface area contributed by atoms with Crippen LogP contribution in [0.2, 0.25) is 0 Å². The highest BCUT2D eigenvalue weighted by atomic mass is 16.3. The minimum absolute atomic E-state index is 0.281. The van der Waals surface area contributed by atoms with Crippen LogP contribution in [0.15, 0.2) is 12.2 Å². The highest BCUT2D eigenvalue weighted by Crippen LogP contribution is 2.16. The second kappa shape index (κ2) is 7.14. The summed E-state index contributed by atoms with van der Waals surface area (Å²) in [6.45, 7) is 10.3. The van der Waals surface area contributed by atoms with E-state index in [9.17, 15) is 5.11 Å². The van der Waals surface area contributed by atoms with Crippen molar-refractivity contribution in [2.45, 2.75) is 59.0 Å². The van der Waals surface area contributed by atoms with E-state index in [-0.39, 0.29) is 6.10 Å². The Labute approximate surface area is 82.9 Å². The Morgan fingerprint density at radius 3 is 2.31 bits per heavy atom. The van der Waals surface area contributed by atoms with E-state index in [0.717, 1.165) is 18.4 Å². The molecular weight excluding hydrogens is 160 g/mol. The monoisotopic (exact) mass is 184 g/mol. The lowest BCUT2D eigenvalue weighted by Gasteiger charge is -2.16. The van der Waals surface area contributed by atoms with Crippen molar-refractivity contribution < 1.29 is 5.11 Å². The molecule has 1 unspecified atom stereocenters. The molecule has 0 aliphatic heterocycles. The molecule has 13 heavy (non-hydrogen) atoms. The van der Waals surface area contributed by atoms with Gasteiger partial charge in [-0.3, -0.25) is 0 Å². The van der Waals surface area contributed by atoms with Gasteiger partial charge in [-0.2, -0.15) is 0 Å². The summed E-state index contributed by atoms with van der Waals surface area (Å²) in [6.07, 6.45) is 5.50. The Balaban J connectivity index is 3.50. The molecule has 0 aromatic rings. The summed E-state index contributed by atoms with van der Waals surface area (Å²) >= 11 is 0. The predicted molar refractivity (Wildman–Crippen MR) is 58.7 cm³/mol. The number of rotatable bonds is 7. The van der Waals surface area contributed by atoms with Gasteiger partial charge in [-0.1, -0.05) is 53.0 Å². The summed E-state index contributed by atoms with van der Waals surface area (Å²) in [7, 11) is 0. The molecular formula is C12H24O. The van der Waals surface area contributed by atoms with Crippen molar-refractivity contribution in [1.29, 1.82) is 0 Å². The summed E-state index contributed by atoms with van der Waals surface area (Å²) in [5, 5.41) is 9.69. The lowest BCUT2D eigenvalue weighted by atomic mass is 9.96. The van der Waals surface area contributed by atoms with Gasteiger partial charge in [0.25, 0.3) is 0 Å². The molecule has 0 amide bonds. The third kappa shape index (κ3) is 5.87. The zero-order valence-corrected chi connectivity index (χ0v) is 9.34. The summed E-state index contributed by atoms with van der Waals surface area (Å²) in [6, 6.07) is 0. The zero-order valence-electron chi connectivity index (χ0n) is 9.34. The van der Waals surface area contributed by atoms with E-state index < -0.39 is 0 Å².